The summed E-state index contributed by atoms with van der Waals surface area (Å²) < 4.78 is 6.16. The Balaban J connectivity index is 1.60. The molecule has 0 aliphatic carbocycles. The molecule has 1 N–H and O–H groups in total. The van der Waals surface area contributed by atoms with Gasteiger partial charge in [-0.25, -0.2) is 4.98 Å². The predicted molar refractivity (Wildman–Crippen MR) is 98.3 cm³/mol. The van der Waals surface area contributed by atoms with Gasteiger partial charge in [-0.1, -0.05) is 30.3 Å². The zero-order valence-electron chi connectivity index (χ0n) is 13.5. The molecule has 0 fully saturated rings. The number of fused-ring (bicyclic) bond motifs is 1. The maximum absolute atomic E-state index is 12.2. The van der Waals surface area contributed by atoms with E-state index in [4.69, 9.17) is 4.42 Å². The molecule has 6 heteroatoms. The van der Waals surface area contributed by atoms with Gasteiger partial charge in [0.2, 0.25) is 0 Å². The Morgan fingerprint density at radius 2 is 1.92 bits per heavy atom. The van der Waals surface area contributed by atoms with Gasteiger partial charge in [0.05, 0.1) is 24.9 Å². The lowest BCUT2D eigenvalue weighted by atomic mass is 10.2. The van der Waals surface area contributed by atoms with E-state index < -0.39 is 0 Å². The highest BCUT2D eigenvalue weighted by Crippen LogP contribution is 2.16. The average molecular weight is 351 g/mol. The van der Waals surface area contributed by atoms with Gasteiger partial charge in [-0.3, -0.25) is 9.69 Å². The van der Waals surface area contributed by atoms with Crippen LogP contribution < -0.4 is 5.56 Å². The topological polar surface area (TPSA) is 62.1 Å². The molecule has 0 aliphatic rings. The number of hydrogen-bond donors (Lipinski definition) is 1. The summed E-state index contributed by atoms with van der Waals surface area (Å²) in [5, 5.41) is 1.89. The Hall–Kier alpha value is -2.70. The number of benzene rings is 1. The maximum Gasteiger partial charge on any atom is 0.268 e. The molecule has 0 aliphatic heterocycles. The number of H-pyrrole nitrogens is 1. The third-order valence-electron chi connectivity index (χ3n) is 3.95. The number of rotatable bonds is 6. The van der Waals surface area contributed by atoms with Crippen LogP contribution in [-0.2, 0) is 19.6 Å². The Bertz CT molecular complexity index is 1010. The molecule has 5 nitrogen and oxygen atoms in total. The molecule has 0 atom stereocenters. The smallest absolute Gasteiger partial charge is 0.268 e. The van der Waals surface area contributed by atoms with Crippen molar-refractivity contribution in [3.05, 3.63) is 87.7 Å². The third kappa shape index (κ3) is 3.70. The number of nitrogens with zero attached hydrogens (tertiary/aromatic N) is 2. The molecular weight excluding hydrogens is 334 g/mol. The first-order valence-corrected chi connectivity index (χ1v) is 8.91. The summed E-state index contributed by atoms with van der Waals surface area (Å²) in [5.74, 6) is 1.55. The molecule has 0 radical (unpaired) electrons. The number of furan rings is 1. The van der Waals surface area contributed by atoms with Crippen LogP contribution in [0, 0.1) is 0 Å². The van der Waals surface area contributed by atoms with Crippen molar-refractivity contribution in [3.63, 3.8) is 0 Å². The molecule has 0 amide bonds. The fourth-order valence-corrected chi connectivity index (χ4v) is 3.57. The molecule has 126 valence electrons. The number of nitrogens with one attached hydrogen (secondary N) is 1. The van der Waals surface area contributed by atoms with Crippen molar-refractivity contribution in [2.24, 2.45) is 0 Å². The standard InChI is InChI=1S/C19H17N3O2S/c23-19-18-16(8-10-25-18)20-17(21-19)13-22(12-15-7-4-9-24-15)11-14-5-2-1-3-6-14/h1-10H,11-13H2,(H,20,21,23). The van der Waals surface area contributed by atoms with Gasteiger partial charge in [-0.15, -0.1) is 11.3 Å². The van der Waals surface area contributed by atoms with Crippen LogP contribution in [0.1, 0.15) is 17.1 Å². The summed E-state index contributed by atoms with van der Waals surface area (Å²) >= 11 is 1.41. The summed E-state index contributed by atoms with van der Waals surface area (Å²) in [5.41, 5.74) is 1.88. The number of thiophene rings is 1. The summed E-state index contributed by atoms with van der Waals surface area (Å²) in [6, 6.07) is 16.0. The maximum atomic E-state index is 12.2. The highest BCUT2D eigenvalue weighted by atomic mass is 32.1. The first-order chi connectivity index (χ1) is 12.3. The van der Waals surface area contributed by atoms with E-state index in [0.29, 0.717) is 23.6 Å². The van der Waals surface area contributed by atoms with Crippen molar-refractivity contribution in [3.8, 4) is 0 Å². The second-order valence-corrected chi connectivity index (χ2v) is 6.77. The van der Waals surface area contributed by atoms with Gasteiger partial charge in [-0.2, -0.15) is 0 Å². The quantitative estimate of drug-likeness (QED) is 0.574. The summed E-state index contributed by atoms with van der Waals surface area (Å²) in [6.07, 6.45) is 1.67. The van der Waals surface area contributed by atoms with Crippen molar-refractivity contribution < 1.29 is 4.42 Å². The van der Waals surface area contributed by atoms with E-state index in [0.717, 1.165) is 17.8 Å². The van der Waals surface area contributed by atoms with Crippen LogP contribution in [0.3, 0.4) is 0 Å². The van der Waals surface area contributed by atoms with Crippen molar-refractivity contribution >= 4 is 21.6 Å². The van der Waals surface area contributed by atoms with Gasteiger partial charge in [0.1, 0.15) is 16.3 Å². The van der Waals surface area contributed by atoms with E-state index in [1.165, 1.54) is 16.9 Å². The normalized spacial score (nSPS) is 11.4. The lowest BCUT2D eigenvalue weighted by Gasteiger charge is -2.20. The van der Waals surface area contributed by atoms with Gasteiger partial charge in [-0.05, 0) is 29.1 Å². The van der Waals surface area contributed by atoms with Gasteiger partial charge in [0.25, 0.3) is 5.56 Å². The predicted octanol–water partition coefficient (Wildman–Crippen LogP) is 3.78. The number of aromatic amines is 1. The SMILES string of the molecule is O=c1[nH]c(CN(Cc2ccccc2)Cc2ccco2)nc2ccsc12. The van der Waals surface area contributed by atoms with Crippen molar-refractivity contribution in [1.29, 1.82) is 0 Å². The minimum Gasteiger partial charge on any atom is -0.468 e. The Morgan fingerprint density at radius 1 is 1.04 bits per heavy atom. The molecule has 0 spiro atoms. The Kier molecular flexibility index (Phi) is 4.45. The van der Waals surface area contributed by atoms with Crippen molar-refractivity contribution in [2.45, 2.75) is 19.6 Å². The van der Waals surface area contributed by atoms with Gasteiger partial charge in [0.15, 0.2) is 0 Å². The first-order valence-electron chi connectivity index (χ1n) is 8.03. The average Bonchev–Trinajstić information content (AvgIpc) is 3.27. The molecule has 0 unspecified atom stereocenters. The van der Waals surface area contributed by atoms with Crippen LogP contribution in [0.25, 0.3) is 10.2 Å². The molecule has 3 heterocycles. The Labute approximate surface area is 148 Å². The van der Waals surface area contributed by atoms with E-state index in [9.17, 15) is 4.79 Å². The molecule has 4 rings (SSSR count). The number of aromatic nitrogens is 2. The summed E-state index contributed by atoms with van der Waals surface area (Å²) in [4.78, 5) is 21.9. The van der Waals surface area contributed by atoms with Gasteiger partial charge in [0, 0.05) is 6.54 Å². The van der Waals surface area contributed by atoms with E-state index in [1.807, 2.05) is 41.8 Å². The lowest BCUT2D eigenvalue weighted by Crippen LogP contribution is -2.25. The molecule has 0 saturated heterocycles. The van der Waals surface area contributed by atoms with Crippen molar-refractivity contribution in [2.75, 3.05) is 0 Å². The molecule has 1 aromatic carbocycles. The zero-order valence-corrected chi connectivity index (χ0v) is 14.3. The fourth-order valence-electron chi connectivity index (χ4n) is 2.84. The lowest BCUT2D eigenvalue weighted by molar-refractivity contribution is 0.221. The van der Waals surface area contributed by atoms with Crippen LogP contribution in [0.15, 0.2) is 69.4 Å². The summed E-state index contributed by atoms with van der Waals surface area (Å²) in [7, 11) is 0. The molecule has 3 aromatic heterocycles. The van der Waals surface area contributed by atoms with Crippen LogP contribution in [0.2, 0.25) is 0 Å². The second kappa shape index (κ2) is 7.04. The molecule has 4 aromatic rings. The Morgan fingerprint density at radius 3 is 2.72 bits per heavy atom. The highest BCUT2D eigenvalue weighted by molar-refractivity contribution is 7.17. The molecule has 0 saturated carbocycles. The minimum absolute atomic E-state index is 0.0762. The van der Waals surface area contributed by atoms with Gasteiger partial charge >= 0.3 is 0 Å². The molecule has 0 bridgehead atoms. The van der Waals surface area contributed by atoms with Crippen LogP contribution in [0.5, 0.6) is 0 Å². The molecule has 25 heavy (non-hydrogen) atoms. The van der Waals surface area contributed by atoms with Crippen LogP contribution in [-0.4, -0.2) is 14.9 Å². The van der Waals surface area contributed by atoms with Gasteiger partial charge < -0.3 is 9.40 Å². The first kappa shape index (κ1) is 15.8. The monoisotopic (exact) mass is 351 g/mol. The zero-order chi connectivity index (χ0) is 17.1. The third-order valence-corrected chi connectivity index (χ3v) is 4.85. The minimum atomic E-state index is -0.0762. The van der Waals surface area contributed by atoms with E-state index >= 15 is 0 Å². The number of hydrogen-bond acceptors (Lipinski definition) is 5. The molecular formula is C19H17N3O2S. The van der Waals surface area contributed by atoms with Crippen molar-refractivity contribution in [1.82, 2.24) is 14.9 Å². The highest BCUT2D eigenvalue weighted by Gasteiger charge is 2.13. The van der Waals surface area contributed by atoms with E-state index in [-0.39, 0.29) is 5.56 Å². The second-order valence-electron chi connectivity index (χ2n) is 5.86. The fraction of sp³-hybridized carbons (Fsp3) is 0.158. The van der Waals surface area contributed by atoms with E-state index in [2.05, 4.69) is 27.0 Å². The van der Waals surface area contributed by atoms with Crippen LogP contribution in [0.4, 0.5) is 0 Å². The van der Waals surface area contributed by atoms with E-state index in [1.54, 1.807) is 6.26 Å². The van der Waals surface area contributed by atoms with Crippen LogP contribution >= 0.6 is 11.3 Å². The largest absolute Gasteiger partial charge is 0.468 e. The summed E-state index contributed by atoms with van der Waals surface area (Å²) in [6.45, 7) is 1.93.